The van der Waals surface area contributed by atoms with Crippen molar-refractivity contribution in [3.63, 3.8) is 0 Å². The van der Waals surface area contributed by atoms with E-state index in [-0.39, 0.29) is 5.39 Å². The summed E-state index contributed by atoms with van der Waals surface area (Å²) in [5.41, 5.74) is 4.31. The zero-order chi connectivity index (χ0) is 19.5. The van der Waals surface area contributed by atoms with Crippen molar-refractivity contribution in [1.82, 2.24) is 0 Å². The van der Waals surface area contributed by atoms with Gasteiger partial charge in [0.25, 0.3) is 5.60 Å². The monoisotopic (exact) mass is 374 g/mol. The number of benzene rings is 3. The molecule has 9 heteroatoms. The standard InChI is InChI=1S/C17H12F6N2O/c18-16(19,20)15(26,17(21,22)23)13-4-2-9-5-8-1-3-11(24)6-10(8)7-12(9)14(13)25/h1-7,26H,24-25H2. The van der Waals surface area contributed by atoms with Crippen molar-refractivity contribution >= 4 is 32.9 Å². The van der Waals surface area contributed by atoms with E-state index in [4.69, 9.17) is 11.5 Å². The van der Waals surface area contributed by atoms with Crippen LogP contribution in [0, 0.1) is 0 Å². The molecule has 0 unspecified atom stereocenters. The van der Waals surface area contributed by atoms with Crippen molar-refractivity contribution in [3.8, 4) is 0 Å². The Kier molecular flexibility index (Phi) is 3.77. The smallest absolute Gasteiger partial charge is 0.399 e. The first kappa shape index (κ1) is 18.1. The van der Waals surface area contributed by atoms with E-state index in [1.165, 1.54) is 12.1 Å². The number of fused-ring (bicyclic) bond motifs is 2. The number of nitrogen functional groups attached to an aromatic ring is 2. The van der Waals surface area contributed by atoms with Gasteiger partial charge in [0.05, 0.1) is 0 Å². The van der Waals surface area contributed by atoms with Gasteiger partial charge in [-0.3, -0.25) is 0 Å². The third-order valence-corrected chi connectivity index (χ3v) is 4.25. The molecule has 0 radical (unpaired) electrons. The van der Waals surface area contributed by atoms with Gasteiger partial charge >= 0.3 is 12.4 Å². The maximum atomic E-state index is 13.1. The molecule has 26 heavy (non-hydrogen) atoms. The third-order valence-electron chi connectivity index (χ3n) is 4.25. The lowest BCUT2D eigenvalue weighted by atomic mass is 9.88. The second kappa shape index (κ2) is 5.41. The Morgan fingerprint density at radius 3 is 1.85 bits per heavy atom. The molecule has 3 aromatic carbocycles. The van der Waals surface area contributed by atoms with Crippen LogP contribution in [0.15, 0.2) is 42.5 Å². The number of anilines is 2. The van der Waals surface area contributed by atoms with E-state index in [1.54, 1.807) is 18.2 Å². The van der Waals surface area contributed by atoms with Crippen molar-refractivity contribution in [3.05, 3.63) is 48.0 Å². The van der Waals surface area contributed by atoms with Gasteiger partial charge in [-0.15, -0.1) is 0 Å². The molecule has 0 heterocycles. The number of nitrogens with two attached hydrogens (primary N) is 2. The van der Waals surface area contributed by atoms with E-state index >= 15 is 0 Å². The number of alkyl halides is 6. The van der Waals surface area contributed by atoms with Crippen LogP contribution < -0.4 is 11.5 Å². The summed E-state index contributed by atoms with van der Waals surface area (Å²) in [7, 11) is 0. The second-order valence-electron chi connectivity index (χ2n) is 5.91. The summed E-state index contributed by atoms with van der Waals surface area (Å²) in [4.78, 5) is 0. The first-order valence-electron chi connectivity index (χ1n) is 7.24. The maximum absolute atomic E-state index is 13.1. The predicted molar refractivity (Wildman–Crippen MR) is 86.3 cm³/mol. The van der Waals surface area contributed by atoms with Crippen LogP contribution in [0.25, 0.3) is 21.5 Å². The fraction of sp³-hybridized carbons (Fsp3) is 0.176. The van der Waals surface area contributed by atoms with Crippen LogP contribution in [-0.2, 0) is 5.60 Å². The third kappa shape index (κ3) is 2.50. The molecule has 0 spiro atoms. The molecule has 0 fully saturated rings. The zero-order valence-corrected chi connectivity index (χ0v) is 12.9. The minimum atomic E-state index is -6.01. The van der Waals surface area contributed by atoms with Crippen LogP contribution in [0.5, 0.6) is 0 Å². The van der Waals surface area contributed by atoms with Crippen molar-refractivity contribution in [2.75, 3.05) is 11.5 Å². The topological polar surface area (TPSA) is 72.3 Å². The highest BCUT2D eigenvalue weighted by Crippen LogP contribution is 2.52. The lowest BCUT2D eigenvalue weighted by Gasteiger charge is -2.33. The summed E-state index contributed by atoms with van der Waals surface area (Å²) in [6.45, 7) is 0. The van der Waals surface area contributed by atoms with Gasteiger partial charge in [0.2, 0.25) is 0 Å². The molecule has 0 saturated heterocycles. The van der Waals surface area contributed by atoms with Gasteiger partial charge in [0.1, 0.15) is 0 Å². The average molecular weight is 374 g/mol. The highest BCUT2D eigenvalue weighted by Gasteiger charge is 2.72. The van der Waals surface area contributed by atoms with E-state index in [9.17, 15) is 31.4 Å². The molecule has 138 valence electrons. The Bertz CT molecular complexity index is 996. The molecule has 0 aliphatic carbocycles. The van der Waals surface area contributed by atoms with Gasteiger partial charge in [-0.25, -0.2) is 0 Å². The van der Waals surface area contributed by atoms with Gasteiger partial charge < -0.3 is 16.6 Å². The van der Waals surface area contributed by atoms with E-state index in [1.807, 2.05) is 0 Å². The van der Waals surface area contributed by atoms with Crippen LogP contribution >= 0.6 is 0 Å². The second-order valence-corrected chi connectivity index (χ2v) is 5.91. The maximum Gasteiger partial charge on any atom is 0.430 e. The van der Waals surface area contributed by atoms with Crippen molar-refractivity contribution in [1.29, 1.82) is 0 Å². The largest absolute Gasteiger partial charge is 0.430 e. The van der Waals surface area contributed by atoms with Crippen LogP contribution in [0.3, 0.4) is 0 Å². The quantitative estimate of drug-likeness (QED) is 0.334. The number of rotatable bonds is 1. The van der Waals surface area contributed by atoms with Crippen molar-refractivity contribution < 1.29 is 31.4 Å². The highest BCUT2D eigenvalue weighted by molar-refractivity contribution is 6.04. The fourth-order valence-electron chi connectivity index (χ4n) is 2.89. The number of aliphatic hydroxyl groups is 1. The molecule has 0 atom stereocenters. The first-order chi connectivity index (χ1) is 11.9. The fourth-order valence-corrected chi connectivity index (χ4v) is 2.89. The van der Waals surface area contributed by atoms with E-state index in [0.717, 1.165) is 6.07 Å². The molecule has 5 N–H and O–H groups in total. The molecule has 0 bridgehead atoms. The lowest BCUT2D eigenvalue weighted by molar-refractivity contribution is -0.375. The Morgan fingerprint density at radius 1 is 0.692 bits per heavy atom. The highest BCUT2D eigenvalue weighted by atomic mass is 19.4. The normalized spacial score (nSPS) is 13.5. The Hall–Kier alpha value is -2.68. The van der Waals surface area contributed by atoms with E-state index in [0.29, 0.717) is 27.9 Å². The molecule has 0 amide bonds. The molecule has 0 aliphatic heterocycles. The Labute approximate surface area is 142 Å². The van der Waals surface area contributed by atoms with Gasteiger partial charge in [0.15, 0.2) is 0 Å². The molecule has 3 nitrogen and oxygen atoms in total. The Balaban J connectivity index is 2.37. The van der Waals surface area contributed by atoms with Gasteiger partial charge in [-0.05, 0) is 40.4 Å². The minimum absolute atomic E-state index is 0.0486. The predicted octanol–water partition coefficient (Wildman–Crippen LogP) is 4.47. The molecule has 0 aliphatic rings. The molecule has 0 saturated carbocycles. The Morgan fingerprint density at radius 2 is 1.27 bits per heavy atom. The average Bonchev–Trinajstić information content (AvgIpc) is 2.51. The van der Waals surface area contributed by atoms with E-state index in [2.05, 4.69) is 0 Å². The van der Waals surface area contributed by atoms with E-state index < -0.39 is 29.2 Å². The molecular formula is C17H12F6N2O. The van der Waals surface area contributed by atoms with Crippen molar-refractivity contribution in [2.45, 2.75) is 18.0 Å². The summed E-state index contributed by atoms with van der Waals surface area (Å²) in [6.07, 6.45) is -12.0. The zero-order valence-electron chi connectivity index (χ0n) is 12.9. The van der Waals surface area contributed by atoms with Gasteiger partial charge in [0, 0.05) is 22.3 Å². The van der Waals surface area contributed by atoms with Crippen LogP contribution in [0.2, 0.25) is 0 Å². The first-order valence-corrected chi connectivity index (χ1v) is 7.24. The lowest BCUT2D eigenvalue weighted by Crippen LogP contribution is -2.54. The molecule has 0 aromatic heterocycles. The summed E-state index contributed by atoms with van der Waals surface area (Å²) < 4.78 is 78.8. The molecular weight excluding hydrogens is 362 g/mol. The number of hydrogen-bond acceptors (Lipinski definition) is 3. The summed E-state index contributed by atoms with van der Waals surface area (Å²) in [6, 6.07) is 9.28. The molecule has 3 rings (SSSR count). The van der Waals surface area contributed by atoms with Gasteiger partial charge in [-0.1, -0.05) is 18.2 Å². The summed E-state index contributed by atoms with van der Waals surface area (Å²) in [5.74, 6) is 0. The summed E-state index contributed by atoms with van der Waals surface area (Å²) in [5, 5.41) is 11.1. The number of halogens is 6. The van der Waals surface area contributed by atoms with Crippen LogP contribution in [0.4, 0.5) is 37.7 Å². The summed E-state index contributed by atoms with van der Waals surface area (Å²) >= 11 is 0. The van der Waals surface area contributed by atoms with Crippen LogP contribution in [0.1, 0.15) is 5.56 Å². The van der Waals surface area contributed by atoms with Crippen molar-refractivity contribution in [2.24, 2.45) is 0 Å². The number of hydrogen-bond donors (Lipinski definition) is 3. The van der Waals surface area contributed by atoms with Gasteiger partial charge in [-0.2, -0.15) is 26.3 Å². The molecule has 3 aromatic rings. The van der Waals surface area contributed by atoms with Crippen LogP contribution in [-0.4, -0.2) is 17.5 Å². The minimum Gasteiger partial charge on any atom is -0.399 e. The SMILES string of the molecule is Nc1ccc2cc3ccc(C(O)(C(F)(F)F)C(F)(F)F)c(N)c3cc2c1.